The summed E-state index contributed by atoms with van der Waals surface area (Å²) in [6, 6.07) is 0. The lowest BCUT2D eigenvalue weighted by atomic mass is 10.4. The molecule has 0 rings (SSSR count). The van der Waals surface area contributed by atoms with Crippen LogP contribution in [0.4, 0.5) is 0 Å². The van der Waals surface area contributed by atoms with E-state index in [9.17, 15) is 4.21 Å². The molecule has 0 saturated carbocycles. The molecule has 6 heteroatoms. The quantitative estimate of drug-likeness (QED) is 0.508. The Kier molecular flexibility index (Phi) is 7.39. The van der Waals surface area contributed by atoms with Gasteiger partial charge in [-0.25, -0.2) is 4.18 Å². The van der Waals surface area contributed by atoms with Crippen LogP contribution in [0.3, 0.4) is 0 Å². The summed E-state index contributed by atoms with van der Waals surface area (Å²) in [6.07, 6.45) is 0.0601. The fraction of sp³-hybridized carbons (Fsp3) is 1.00. The Balaban J connectivity index is 3.87. The highest BCUT2D eigenvalue weighted by atomic mass is 32.2. The molecule has 0 aliphatic heterocycles. The van der Waals surface area contributed by atoms with Gasteiger partial charge < -0.3 is 9.47 Å². The predicted octanol–water partition coefficient (Wildman–Crippen LogP) is 1.27. The van der Waals surface area contributed by atoms with Crippen LogP contribution in [-0.4, -0.2) is 28.5 Å². The minimum atomic E-state index is -2.30. The van der Waals surface area contributed by atoms with Crippen LogP contribution in [0.15, 0.2) is 0 Å². The van der Waals surface area contributed by atoms with Crippen LogP contribution in [0.2, 0.25) is 0 Å². The van der Waals surface area contributed by atoms with Crippen molar-refractivity contribution in [2.75, 3.05) is 7.11 Å². The highest BCUT2D eigenvalue weighted by Crippen LogP contribution is 2.08. The molecule has 0 saturated heterocycles. The minimum absolute atomic E-state index is 0.395. The first-order valence-electron chi connectivity index (χ1n) is 4.10. The van der Waals surface area contributed by atoms with Crippen molar-refractivity contribution in [3.8, 4) is 0 Å². The first-order chi connectivity index (χ1) is 6.13. The Hall–Kier alpha value is -0.0100. The molecule has 0 fully saturated rings. The number of methoxy groups -OCH3 is 1. The van der Waals surface area contributed by atoms with E-state index in [4.69, 9.17) is 14.0 Å². The summed E-state index contributed by atoms with van der Waals surface area (Å²) in [7, 11) is 1.51. The zero-order valence-electron chi connectivity index (χ0n) is 8.06. The number of rotatable bonds is 7. The summed E-state index contributed by atoms with van der Waals surface area (Å²) >= 11 is -2.30. The Labute approximate surface area is 80.9 Å². The van der Waals surface area contributed by atoms with Crippen molar-refractivity contribution in [2.45, 2.75) is 39.3 Å². The second-order valence-corrected chi connectivity index (χ2v) is 2.99. The molecule has 0 aromatic carbocycles. The third-order valence-electron chi connectivity index (χ3n) is 1.42. The third kappa shape index (κ3) is 6.11. The average molecular weight is 212 g/mol. The fourth-order valence-corrected chi connectivity index (χ4v) is 1.13. The van der Waals surface area contributed by atoms with Crippen LogP contribution in [0.5, 0.6) is 0 Å². The first-order valence-corrected chi connectivity index (χ1v) is 5.13. The summed E-state index contributed by atoms with van der Waals surface area (Å²) in [6.45, 7) is 3.68. The monoisotopic (exact) mass is 212 g/mol. The largest absolute Gasteiger partial charge is 0.356 e. The van der Waals surface area contributed by atoms with Crippen molar-refractivity contribution in [1.82, 2.24) is 0 Å². The fourth-order valence-electron chi connectivity index (χ4n) is 0.766. The van der Waals surface area contributed by atoms with E-state index in [0.29, 0.717) is 12.8 Å². The van der Waals surface area contributed by atoms with Gasteiger partial charge in [-0.3, -0.25) is 4.55 Å². The molecule has 1 N–H and O–H groups in total. The lowest BCUT2D eigenvalue weighted by Gasteiger charge is -2.20. The molecule has 0 aromatic heterocycles. The molecular formula is C7H16O5S. The van der Waals surface area contributed by atoms with E-state index in [0.717, 1.165) is 0 Å². The van der Waals surface area contributed by atoms with Crippen molar-refractivity contribution in [3.05, 3.63) is 0 Å². The summed E-state index contributed by atoms with van der Waals surface area (Å²) in [5.74, 6) is 0. The summed E-state index contributed by atoms with van der Waals surface area (Å²) in [5.41, 5.74) is 0. The van der Waals surface area contributed by atoms with Crippen LogP contribution in [0.25, 0.3) is 0 Å². The smallest absolute Gasteiger partial charge is 0.304 e. The van der Waals surface area contributed by atoms with Crippen molar-refractivity contribution in [1.29, 1.82) is 0 Å². The van der Waals surface area contributed by atoms with Crippen LogP contribution in [0, 0.1) is 0 Å². The van der Waals surface area contributed by atoms with E-state index in [1.54, 1.807) is 6.92 Å². The zero-order valence-corrected chi connectivity index (χ0v) is 8.87. The van der Waals surface area contributed by atoms with E-state index in [-0.39, 0.29) is 0 Å². The molecule has 3 unspecified atom stereocenters. The lowest BCUT2D eigenvalue weighted by Crippen LogP contribution is -2.25. The Morgan fingerprint density at radius 2 is 1.85 bits per heavy atom. The average Bonchev–Trinajstić information content (AvgIpc) is 2.11. The summed E-state index contributed by atoms with van der Waals surface area (Å²) < 4.78 is 33.4. The molecule has 0 spiro atoms. The molecule has 0 aliphatic carbocycles. The standard InChI is InChI=1S/C7H16O5S/c1-4-6(10-3)11-7(5-2)12-13(8)9/h6-7H,4-5H2,1-3H3,(H,8,9). The summed E-state index contributed by atoms with van der Waals surface area (Å²) in [4.78, 5) is 0. The van der Waals surface area contributed by atoms with Crippen molar-refractivity contribution in [3.63, 3.8) is 0 Å². The third-order valence-corrected chi connectivity index (χ3v) is 1.80. The highest BCUT2D eigenvalue weighted by Gasteiger charge is 2.15. The van der Waals surface area contributed by atoms with Gasteiger partial charge in [-0.15, -0.1) is 0 Å². The lowest BCUT2D eigenvalue weighted by molar-refractivity contribution is -0.208. The van der Waals surface area contributed by atoms with Gasteiger partial charge in [0.25, 0.3) is 0 Å². The van der Waals surface area contributed by atoms with E-state index in [1.165, 1.54) is 7.11 Å². The second-order valence-electron chi connectivity index (χ2n) is 2.36. The highest BCUT2D eigenvalue weighted by molar-refractivity contribution is 7.74. The second kappa shape index (κ2) is 7.40. The Bertz CT molecular complexity index is 148. The number of hydrogen-bond acceptors (Lipinski definition) is 4. The molecule has 0 bridgehead atoms. The van der Waals surface area contributed by atoms with Gasteiger partial charge in [0.1, 0.15) is 0 Å². The maximum absolute atomic E-state index is 10.3. The van der Waals surface area contributed by atoms with Gasteiger partial charge in [0.05, 0.1) is 0 Å². The van der Waals surface area contributed by atoms with Crippen LogP contribution in [0.1, 0.15) is 26.7 Å². The maximum atomic E-state index is 10.3. The molecule has 13 heavy (non-hydrogen) atoms. The van der Waals surface area contributed by atoms with Gasteiger partial charge in [0.2, 0.25) is 0 Å². The van der Waals surface area contributed by atoms with E-state index in [1.807, 2.05) is 6.92 Å². The van der Waals surface area contributed by atoms with Gasteiger partial charge in [-0.1, -0.05) is 13.8 Å². The number of ether oxygens (including phenoxy) is 2. The number of hydrogen-bond donors (Lipinski definition) is 1. The first kappa shape index (κ1) is 13.0. The van der Waals surface area contributed by atoms with Crippen molar-refractivity contribution >= 4 is 11.4 Å². The minimum Gasteiger partial charge on any atom is -0.356 e. The predicted molar refractivity (Wildman–Crippen MR) is 48.1 cm³/mol. The van der Waals surface area contributed by atoms with Crippen molar-refractivity contribution in [2.24, 2.45) is 0 Å². The summed E-state index contributed by atoms with van der Waals surface area (Å²) in [5, 5.41) is 0. The van der Waals surface area contributed by atoms with E-state index < -0.39 is 23.9 Å². The Morgan fingerprint density at radius 3 is 2.15 bits per heavy atom. The molecule has 0 aliphatic rings. The zero-order chi connectivity index (χ0) is 10.3. The van der Waals surface area contributed by atoms with Crippen molar-refractivity contribution < 1.29 is 22.4 Å². The van der Waals surface area contributed by atoms with Crippen LogP contribution < -0.4 is 0 Å². The molecule has 80 valence electrons. The van der Waals surface area contributed by atoms with Gasteiger partial charge >= 0.3 is 11.4 Å². The van der Waals surface area contributed by atoms with Crippen LogP contribution in [-0.2, 0) is 25.0 Å². The molecule has 0 heterocycles. The normalized spacial score (nSPS) is 18.2. The molecule has 3 atom stereocenters. The van der Waals surface area contributed by atoms with Gasteiger partial charge in [0, 0.05) is 7.11 Å². The SMILES string of the molecule is CCC(OC)OC(CC)OS(=O)O. The van der Waals surface area contributed by atoms with Crippen LogP contribution >= 0.6 is 0 Å². The Morgan fingerprint density at radius 1 is 1.31 bits per heavy atom. The molecule has 5 nitrogen and oxygen atoms in total. The van der Waals surface area contributed by atoms with Gasteiger partial charge in [0.15, 0.2) is 12.6 Å². The van der Waals surface area contributed by atoms with Gasteiger partial charge in [-0.2, -0.15) is 4.21 Å². The molecular weight excluding hydrogens is 196 g/mol. The van der Waals surface area contributed by atoms with Gasteiger partial charge in [-0.05, 0) is 12.8 Å². The topological polar surface area (TPSA) is 65.0 Å². The molecule has 0 amide bonds. The maximum Gasteiger partial charge on any atom is 0.304 e. The molecule has 0 aromatic rings. The molecule has 0 radical (unpaired) electrons. The van der Waals surface area contributed by atoms with E-state index in [2.05, 4.69) is 4.18 Å². The van der Waals surface area contributed by atoms with E-state index >= 15 is 0 Å².